The Hall–Kier alpha value is -1.94. The summed E-state index contributed by atoms with van der Waals surface area (Å²) >= 11 is 0. The minimum atomic E-state index is -0.613. The Kier molecular flexibility index (Phi) is 3.23. The molecule has 4 heterocycles. The minimum Gasteiger partial charge on any atom is -0.468 e. The standard InChI is InChI=1S/C21H24N2O2/c1-3-14-10-13-11-21(20(24)25-2)18-16(8-9-23(12-13)19(14)21)15-6-4-5-7-17(15)22-18/h4-7,10,13,16,19H,3,8-9,11-12H2,1-2H3. The van der Waals surface area contributed by atoms with E-state index >= 15 is 0 Å². The molecule has 130 valence electrons. The van der Waals surface area contributed by atoms with E-state index in [1.807, 2.05) is 6.07 Å². The van der Waals surface area contributed by atoms with E-state index < -0.39 is 5.41 Å². The Bertz CT molecular complexity index is 812. The zero-order valence-corrected chi connectivity index (χ0v) is 14.9. The molecule has 6 rings (SSSR count). The van der Waals surface area contributed by atoms with Gasteiger partial charge in [0.15, 0.2) is 0 Å². The Balaban J connectivity index is 1.74. The van der Waals surface area contributed by atoms with Crippen LogP contribution >= 0.6 is 0 Å². The first-order chi connectivity index (χ1) is 12.2. The highest BCUT2D eigenvalue weighted by Crippen LogP contribution is 2.56. The molecule has 5 atom stereocenters. The van der Waals surface area contributed by atoms with Gasteiger partial charge in [-0.05, 0) is 43.4 Å². The summed E-state index contributed by atoms with van der Waals surface area (Å²) in [5.74, 6) is 0.576. The molecule has 25 heavy (non-hydrogen) atoms. The van der Waals surface area contributed by atoms with Gasteiger partial charge in [0.25, 0.3) is 0 Å². The number of esters is 1. The molecule has 4 aliphatic heterocycles. The molecular weight excluding hydrogens is 312 g/mol. The summed E-state index contributed by atoms with van der Waals surface area (Å²) in [5.41, 5.74) is 4.18. The van der Waals surface area contributed by atoms with E-state index in [-0.39, 0.29) is 17.9 Å². The summed E-state index contributed by atoms with van der Waals surface area (Å²) in [6, 6.07) is 8.50. The molecule has 4 nitrogen and oxygen atoms in total. The van der Waals surface area contributed by atoms with Crippen LogP contribution in [0.2, 0.25) is 0 Å². The molecule has 0 saturated carbocycles. The lowest BCUT2D eigenvalue weighted by molar-refractivity contribution is -0.155. The van der Waals surface area contributed by atoms with Crippen molar-refractivity contribution in [2.24, 2.45) is 16.3 Å². The van der Waals surface area contributed by atoms with Crippen LogP contribution in [-0.4, -0.2) is 42.8 Å². The van der Waals surface area contributed by atoms with Crippen LogP contribution in [0.1, 0.15) is 37.7 Å². The van der Waals surface area contributed by atoms with E-state index in [4.69, 9.17) is 9.73 Å². The molecule has 0 aromatic heterocycles. The predicted octanol–water partition coefficient (Wildman–Crippen LogP) is 3.46. The topological polar surface area (TPSA) is 41.9 Å². The molecule has 2 saturated heterocycles. The van der Waals surface area contributed by atoms with Crippen molar-refractivity contribution in [2.45, 2.75) is 38.1 Å². The molecule has 0 spiro atoms. The summed E-state index contributed by atoms with van der Waals surface area (Å²) in [6.45, 7) is 4.29. The molecule has 5 aliphatic rings. The number of nitrogens with zero attached hydrogens (tertiary/aromatic N) is 2. The summed E-state index contributed by atoms with van der Waals surface area (Å²) in [7, 11) is 1.53. The van der Waals surface area contributed by atoms with Crippen molar-refractivity contribution in [1.82, 2.24) is 4.90 Å². The van der Waals surface area contributed by atoms with Gasteiger partial charge >= 0.3 is 5.97 Å². The number of aliphatic imine (C=N–C) groups is 1. The van der Waals surface area contributed by atoms with Crippen molar-refractivity contribution in [2.75, 3.05) is 20.2 Å². The number of piperidine rings is 1. The van der Waals surface area contributed by atoms with Crippen molar-refractivity contribution < 1.29 is 9.53 Å². The number of para-hydroxylation sites is 1. The first-order valence-corrected chi connectivity index (χ1v) is 9.40. The third-order valence-electron chi connectivity index (χ3n) is 6.69. The summed E-state index contributed by atoms with van der Waals surface area (Å²) < 4.78 is 5.40. The zero-order valence-electron chi connectivity index (χ0n) is 14.9. The molecule has 0 amide bonds. The van der Waals surface area contributed by atoms with Crippen molar-refractivity contribution in [3.63, 3.8) is 0 Å². The van der Waals surface area contributed by atoms with Gasteiger partial charge in [-0.1, -0.05) is 36.8 Å². The maximum Gasteiger partial charge on any atom is 0.319 e. The maximum atomic E-state index is 13.2. The molecule has 4 heteroatoms. The van der Waals surface area contributed by atoms with E-state index in [0.29, 0.717) is 5.92 Å². The van der Waals surface area contributed by atoms with E-state index in [1.165, 1.54) is 18.2 Å². The summed E-state index contributed by atoms with van der Waals surface area (Å²) in [6.07, 6.45) is 5.29. The fourth-order valence-electron chi connectivity index (χ4n) is 5.86. The van der Waals surface area contributed by atoms with Gasteiger partial charge in [0, 0.05) is 18.2 Å². The third-order valence-corrected chi connectivity index (χ3v) is 6.69. The van der Waals surface area contributed by atoms with Crippen LogP contribution in [0.25, 0.3) is 0 Å². The Morgan fingerprint density at radius 3 is 3.04 bits per heavy atom. The van der Waals surface area contributed by atoms with Crippen molar-refractivity contribution in [3.8, 4) is 0 Å². The second kappa shape index (κ2) is 5.28. The van der Waals surface area contributed by atoms with Gasteiger partial charge in [-0.25, -0.2) is 0 Å². The number of ether oxygens (including phenoxy) is 1. The van der Waals surface area contributed by atoms with Gasteiger partial charge in [0.2, 0.25) is 0 Å². The van der Waals surface area contributed by atoms with E-state index in [2.05, 4.69) is 36.1 Å². The number of rotatable bonds is 2. The normalized spacial score (nSPS) is 37.5. The van der Waals surface area contributed by atoms with Crippen molar-refractivity contribution in [3.05, 3.63) is 41.5 Å². The minimum absolute atomic E-state index is 0.0929. The quantitative estimate of drug-likeness (QED) is 0.613. The van der Waals surface area contributed by atoms with Crippen LogP contribution in [0.4, 0.5) is 5.69 Å². The Morgan fingerprint density at radius 1 is 1.40 bits per heavy atom. The van der Waals surface area contributed by atoms with Gasteiger partial charge in [-0.3, -0.25) is 14.7 Å². The maximum absolute atomic E-state index is 13.2. The molecule has 1 aromatic carbocycles. The lowest BCUT2D eigenvalue weighted by Gasteiger charge is -2.54. The average molecular weight is 336 g/mol. The van der Waals surface area contributed by atoms with Gasteiger partial charge in [-0.15, -0.1) is 0 Å². The number of carbonyl (C=O) groups excluding carboxylic acids is 1. The van der Waals surface area contributed by atoms with Crippen LogP contribution in [0, 0.1) is 11.3 Å². The summed E-state index contributed by atoms with van der Waals surface area (Å²) in [5, 5.41) is 0. The van der Waals surface area contributed by atoms with E-state index in [9.17, 15) is 4.79 Å². The zero-order chi connectivity index (χ0) is 17.2. The average Bonchev–Trinajstić information content (AvgIpc) is 3.00. The lowest BCUT2D eigenvalue weighted by Crippen LogP contribution is -2.63. The third kappa shape index (κ3) is 1.86. The van der Waals surface area contributed by atoms with Crippen LogP contribution in [0.5, 0.6) is 0 Å². The number of methoxy groups -OCH3 is 1. The largest absolute Gasteiger partial charge is 0.468 e. The molecule has 0 N–H and O–H groups in total. The van der Waals surface area contributed by atoms with E-state index in [1.54, 1.807) is 0 Å². The van der Waals surface area contributed by atoms with Crippen LogP contribution in [-0.2, 0) is 9.53 Å². The van der Waals surface area contributed by atoms with Crippen molar-refractivity contribution in [1.29, 1.82) is 0 Å². The highest BCUT2D eigenvalue weighted by Gasteiger charge is 2.63. The van der Waals surface area contributed by atoms with Crippen LogP contribution < -0.4 is 0 Å². The number of fused-ring (bicyclic) bond motifs is 3. The Morgan fingerprint density at radius 2 is 2.24 bits per heavy atom. The van der Waals surface area contributed by atoms with Gasteiger partial charge in [0.05, 0.1) is 18.8 Å². The monoisotopic (exact) mass is 336 g/mol. The Labute approximate surface area is 148 Å². The molecular formula is C21H24N2O2. The predicted molar refractivity (Wildman–Crippen MR) is 97.2 cm³/mol. The smallest absolute Gasteiger partial charge is 0.319 e. The van der Waals surface area contributed by atoms with Gasteiger partial charge in [0.1, 0.15) is 5.41 Å². The summed E-state index contributed by atoms with van der Waals surface area (Å²) in [4.78, 5) is 20.8. The molecule has 1 aliphatic carbocycles. The molecule has 4 bridgehead atoms. The van der Waals surface area contributed by atoms with Gasteiger partial charge < -0.3 is 4.74 Å². The van der Waals surface area contributed by atoms with Crippen molar-refractivity contribution >= 4 is 17.4 Å². The first kappa shape index (κ1) is 15.3. The SMILES string of the molecule is CCC1=CC2CN3CCC4C(=Nc5ccccc54)C(C(=O)OC)(C2)C13. The molecule has 2 fully saturated rings. The number of hydrogen-bond donors (Lipinski definition) is 0. The number of carbonyl (C=O) groups is 1. The second-order valence-electron chi connectivity index (χ2n) is 7.82. The molecule has 5 unspecified atom stereocenters. The molecule has 1 aromatic rings. The van der Waals surface area contributed by atoms with Crippen LogP contribution in [0.15, 0.2) is 40.9 Å². The first-order valence-electron chi connectivity index (χ1n) is 9.40. The van der Waals surface area contributed by atoms with Crippen LogP contribution in [0.3, 0.4) is 0 Å². The second-order valence-corrected chi connectivity index (χ2v) is 7.82. The van der Waals surface area contributed by atoms with Gasteiger partial charge in [-0.2, -0.15) is 0 Å². The fourth-order valence-corrected chi connectivity index (χ4v) is 5.86. The highest BCUT2D eigenvalue weighted by atomic mass is 16.5. The fraction of sp³-hybridized carbons (Fsp3) is 0.524. The number of benzene rings is 1. The highest BCUT2D eigenvalue weighted by molar-refractivity contribution is 6.14. The number of hydrogen-bond acceptors (Lipinski definition) is 4. The lowest BCUT2D eigenvalue weighted by atomic mass is 9.59. The molecule has 0 radical (unpaired) electrons. The van der Waals surface area contributed by atoms with E-state index in [0.717, 1.165) is 43.8 Å².